The van der Waals surface area contributed by atoms with E-state index in [0.717, 1.165) is 44.0 Å². The van der Waals surface area contributed by atoms with Crippen LogP contribution in [0.4, 0.5) is 0 Å². The summed E-state index contributed by atoms with van der Waals surface area (Å²) in [5.74, 6) is -0.0171. The quantitative estimate of drug-likeness (QED) is 0.872. The van der Waals surface area contributed by atoms with Crippen molar-refractivity contribution in [2.24, 2.45) is 0 Å². The van der Waals surface area contributed by atoms with Crippen molar-refractivity contribution in [1.82, 2.24) is 5.32 Å². The van der Waals surface area contributed by atoms with E-state index in [4.69, 9.17) is 4.74 Å². The Bertz CT molecular complexity index is 649. The molecule has 24 heavy (non-hydrogen) atoms. The molecule has 2 aromatic rings. The van der Waals surface area contributed by atoms with Gasteiger partial charge in [-0.25, -0.2) is 0 Å². The van der Waals surface area contributed by atoms with Crippen LogP contribution in [0.2, 0.25) is 0 Å². The summed E-state index contributed by atoms with van der Waals surface area (Å²) in [5.41, 5.74) is 3.01. The summed E-state index contributed by atoms with van der Waals surface area (Å²) in [7, 11) is 0. The minimum atomic E-state index is -0.0171. The molecule has 0 aliphatic carbocycles. The Morgan fingerprint density at radius 3 is 2.42 bits per heavy atom. The van der Waals surface area contributed by atoms with E-state index < -0.39 is 0 Å². The van der Waals surface area contributed by atoms with E-state index in [2.05, 4.69) is 17.4 Å². The Morgan fingerprint density at radius 2 is 1.75 bits per heavy atom. The molecule has 1 heterocycles. The molecule has 2 aromatic carbocycles. The predicted octanol–water partition coefficient (Wildman–Crippen LogP) is 1.38. The molecular weight excluding hydrogens is 300 g/mol. The number of nitrogens with one attached hydrogen (secondary N) is 2. The summed E-state index contributed by atoms with van der Waals surface area (Å²) >= 11 is 0. The third kappa shape index (κ3) is 4.43. The number of aryl methyl sites for hydroxylation is 1. The fourth-order valence-electron chi connectivity index (χ4n) is 3.04. The summed E-state index contributed by atoms with van der Waals surface area (Å²) in [6.45, 7) is 6.47. The van der Waals surface area contributed by atoms with Crippen molar-refractivity contribution in [2.45, 2.75) is 13.0 Å². The molecule has 2 N–H and O–H groups in total. The van der Waals surface area contributed by atoms with Crippen LogP contribution in [0.3, 0.4) is 0 Å². The summed E-state index contributed by atoms with van der Waals surface area (Å²) < 4.78 is 5.44. The van der Waals surface area contributed by atoms with Gasteiger partial charge in [-0.3, -0.25) is 4.79 Å². The van der Waals surface area contributed by atoms with E-state index in [9.17, 15) is 4.79 Å². The maximum Gasteiger partial charge on any atom is 0.251 e. The number of amides is 1. The van der Waals surface area contributed by atoms with Gasteiger partial charge in [0.2, 0.25) is 0 Å². The highest BCUT2D eigenvalue weighted by Crippen LogP contribution is 2.12. The minimum absolute atomic E-state index is 0.00750. The van der Waals surface area contributed by atoms with E-state index in [0.29, 0.717) is 5.56 Å². The number of carbonyl (C=O) groups excluding carboxylic acids is 1. The standard InChI is InChI=1S/C20H24N2O2/c1-16-7-9-18(10-8-16)20(23)21-19(17-5-3-2-4-6-17)15-22-11-13-24-14-12-22/h2-10,19H,11-15H2,1H3,(H,21,23)/p+1/t19-/m0/s1. The van der Waals surface area contributed by atoms with Gasteiger partial charge in [0.15, 0.2) is 0 Å². The molecule has 0 aromatic heterocycles. The number of carbonyl (C=O) groups is 1. The number of rotatable bonds is 5. The van der Waals surface area contributed by atoms with Crippen molar-refractivity contribution in [3.05, 3.63) is 71.3 Å². The van der Waals surface area contributed by atoms with Gasteiger partial charge in [-0.15, -0.1) is 0 Å². The lowest BCUT2D eigenvalue weighted by atomic mass is 10.0. The summed E-state index contributed by atoms with van der Waals surface area (Å²) in [6, 6.07) is 17.9. The molecule has 0 unspecified atom stereocenters. The predicted molar refractivity (Wildman–Crippen MR) is 94.2 cm³/mol. The Morgan fingerprint density at radius 1 is 1.08 bits per heavy atom. The van der Waals surface area contributed by atoms with Gasteiger partial charge in [0.25, 0.3) is 5.91 Å². The molecule has 1 atom stereocenters. The van der Waals surface area contributed by atoms with Crippen LogP contribution in [-0.2, 0) is 4.74 Å². The molecule has 1 aliphatic heterocycles. The van der Waals surface area contributed by atoms with Crippen LogP contribution in [-0.4, -0.2) is 38.8 Å². The Labute approximate surface area is 143 Å². The van der Waals surface area contributed by atoms with Gasteiger partial charge in [-0.05, 0) is 24.6 Å². The van der Waals surface area contributed by atoms with E-state index in [1.807, 2.05) is 49.4 Å². The summed E-state index contributed by atoms with van der Waals surface area (Å²) in [5, 5.41) is 3.22. The smallest absolute Gasteiger partial charge is 0.251 e. The maximum atomic E-state index is 12.6. The molecule has 126 valence electrons. The van der Waals surface area contributed by atoms with Crippen molar-refractivity contribution in [3.8, 4) is 0 Å². The Hall–Kier alpha value is -2.17. The number of hydrogen-bond donors (Lipinski definition) is 2. The van der Waals surface area contributed by atoms with Gasteiger partial charge in [0.1, 0.15) is 25.7 Å². The van der Waals surface area contributed by atoms with E-state index >= 15 is 0 Å². The maximum absolute atomic E-state index is 12.6. The van der Waals surface area contributed by atoms with E-state index in [-0.39, 0.29) is 11.9 Å². The molecule has 4 heteroatoms. The lowest BCUT2D eigenvalue weighted by Crippen LogP contribution is -3.14. The molecule has 1 saturated heterocycles. The lowest BCUT2D eigenvalue weighted by molar-refractivity contribution is -0.909. The molecule has 4 nitrogen and oxygen atoms in total. The topological polar surface area (TPSA) is 42.8 Å². The molecule has 1 amide bonds. The van der Waals surface area contributed by atoms with Crippen molar-refractivity contribution in [3.63, 3.8) is 0 Å². The Balaban J connectivity index is 1.73. The summed E-state index contributed by atoms with van der Waals surface area (Å²) in [4.78, 5) is 14.1. The van der Waals surface area contributed by atoms with Crippen LogP contribution in [0, 0.1) is 6.92 Å². The van der Waals surface area contributed by atoms with Gasteiger partial charge in [-0.2, -0.15) is 0 Å². The second-order valence-corrected chi connectivity index (χ2v) is 6.37. The fourth-order valence-corrected chi connectivity index (χ4v) is 3.04. The molecule has 3 rings (SSSR count). The first kappa shape index (κ1) is 16.7. The molecule has 0 saturated carbocycles. The zero-order valence-electron chi connectivity index (χ0n) is 14.1. The van der Waals surface area contributed by atoms with Crippen LogP contribution in [0.15, 0.2) is 54.6 Å². The van der Waals surface area contributed by atoms with Gasteiger partial charge in [0.05, 0.1) is 13.2 Å². The zero-order chi connectivity index (χ0) is 16.8. The van der Waals surface area contributed by atoms with Crippen LogP contribution in [0.5, 0.6) is 0 Å². The van der Waals surface area contributed by atoms with E-state index in [1.54, 1.807) is 0 Å². The molecule has 1 aliphatic rings. The molecule has 0 bridgehead atoms. The van der Waals surface area contributed by atoms with Crippen molar-refractivity contribution >= 4 is 5.91 Å². The largest absolute Gasteiger partial charge is 0.370 e. The molecule has 0 spiro atoms. The van der Waals surface area contributed by atoms with Gasteiger partial charge in [-0.1, -0.05) is 48.0 Å². The first-order chi connectivity index (χ1) is 11.7. The van der Waals surface area contributed by atoms with Crippen LogP contribution in [0.25, 0.3) is 0 Å². The SMILES string of the molecule is Cc1ccc(C(=O)N[C@@H](C[NH+]2CCOCC2)c2ccccc2)cc1. The number of ether oxygens (including phenoxy) is 1. The van der Waals surface area contributed by atoms with Gasteiger partial charge < -0.3 is 15.0 Å². The number of hydrogen-bond acceptors (Lipinski definition) is 2. The van der Waals surface area contributed by atoms with E-state index in [1.165, 1.54) is 4.90 Å². The average Bonchev–Trinajstić information content (AvgIpc) is 2.63. The minimum Gasteiger partial charge on any atom is -0.370 e. The second-order valence-electron chi connectivity index (χ2n) is 6.37. The second kappa shape index (κ2) is 8.08. The van der Waals surface area contributed by atoms with Crippen molar-refractivity contribution < 1.29 is 14.4 Å². The van der Waals surface area contributed by atoms with Crippen molar-refractivity contribution in [2.75, 3.05) is 32.8 Å². The molecule has 1 fully saturated rings. The number of quaternary nitrogens is 1. The Kier molecular flexibility index (Phi) is 5.62. The van der Waals surface area contributed by atoms with Crippen LogP contribution >= 0.6 is 0 Å². The molecular formula is C20H25N2O2+. The highest BCUT2D eigenvalue weighted by atomic mass is 16.5. The highest BCUT2D eigenvalue weighted by molar-refractivity contribution is 5.94. The van der Waals surface area contributed by atoms with Crippen LogP contribution in [0.1, 0.15) is 27.5 Å². The third-order valence-electron chi connectivity index (χ3n) is 4.51. The highest BCUT2D eigenvalue weighted by Gasteiger charge is 2.23. The first-order valence-electron chi connectivity index (χ1n) is 8.56. The number of benzene rings is 2. The van der Waals surface area contributed by atoms with Gasteiger partial charge >= 0.3 is 0 Å². The average molecular weight is 325 g/mol. The first-order valence-corrected chi connectivity index (χ1v) is 8.56. The fraction of sp³-hybridized carbons (Fsp3) is 0.350. The van der Waals surface area contributed by atoms with Crippen molar-refractivity contribution in [1.29, 1.82) is 0 Å². The third-order valence-corrected chi connectivity index (χ3v) is 4.51. The summed E-state index contributed by atoms with van der Waals surface area (Å²) in [6.07, 6.45) is 0. The normalized spacial score (nSPS) is 16.5. The lowest BCUT2D eigenvalue weighted by Gasteiger charge is -2.28. The van der Waals surface area contributed by atoms with Crippen LogP contribution < -0.4 is 10.2 Å². The van der Waals surface area contributed by atoms with Gasteiger partial charge in [0, 0.05) is 5.56 Å². The zero-order valence-corrected chi connectivity index (χ0v) is 14.1. The number of morpholine rings is 1. The monoisotopic (exact) mass is 325 g/mol. The molecule has 0 radical (unpaired) electrons.